The lowest BCUT2D eigenvalue weighted by Gasteiger charge is -2.47. The molecular weight excluding hydrogens is 402 g/mol. The zero-order valence-electron chi connectivity index (χ0n) is 16.8. The first kappa shape index (κ1) is 19.3. The highest BCUT2D eigenvalue weighted by Crippen LogP contribution is 2.45. The van der Waals surface area contributed by atoms with Gasteiger partial charge in [-0.05, 0) is 31.4 Å². The van der Waals surface area contributed by atoms with Crippen LogP contribution in [0.25, 0.3) is 17.3 Å². The van der Waals surface area contributed by atoms with Gasteiger partial charge in [0.25, 0.3) is 0 Å². The number of rotatable bonds is 4. The van der Waals surface area contributed by atoms with E-state index in [1.165, 1.54) is 23.2 Å². The maximum Gasteiger partial charge on any atom is 0.237 e. The van der Waals surface area contributed by atoms with Gasteiger partial charge in [0, 0.05) is 30.6 Å². The van der Waals surface area contributed by atoms with Crippen LogP contribution in [0.2, 0.25) is 0 Å². The Balaban J connectivity index is 1.66. The van der Waals surface area contributed by atoms with Crippen molar-refractivity contribution in [3.63, 3.8) is 0 Å². The summed E-state index contributed by atoms with van der Waals surface area (Å²) in [7, 11) is 0. The fourth-order valence-corrected chi connectivity index (χ4v) is 4.65. The number of hydrogen-bond acceptors (Lipinski definition) is 6. The molecule has 158 valence electrons. The van der Waals surface area contributed by atoms with Gasteiger partial charge in [-0.1, -0.05) is 6.92 Å². The number of benzene rings is 1. The van der Waals surface area contributed by atoms with Gasteiger partial charge in [0.2, 0.25) is 5.95 Å². The van der Waals surface area contributed by atoms with Crippen molar-refractivity contribution in [3.8, 4) is 17.3 Å². The summed E-state index contributed by atoms with van der Waals surface area (Å²) in [4.78, 5) is 17.1. The number of aromatic nitrogens is 4. The van der Waals surface area contributed by atoms with Crippen molar-refractivity contribution in [2.45, 2.75) is 31.7 Å². The number of anilines is 2. The van der Waals surface area contributed by atoms with Gasteiger partial charge in [-0.15, -0.1) is 0 Å². The highest BCUT2D eigenvalue weighted by Gasteiger charge is 2.50. The number of nitrogens with zero attached hydrogens (tertiary/aromatic N) is 6. The summed E-state index contributed by atoms with van der Waals surface area (Å²) >= 11 is 0. The van der Waals surface area contributed by atoms with Gasteiger partial charge in [0.15, 0.2) is 5.82 Å². The Morgan fingerprint density at radius 3 is 2.68 bits per heavy atom. The van der Waals surface area contributed by atoms with E-state index in [-0.39, 0.29) is 5.56 Å². The van der Waals surface area contributed by atoms with E-state index in [9.17, 15) is 8.78 Å². The summed E-state index contributed by atoms with van der Waals surface area (Å²) < 4.78 is 29.1. The molecule has 4 heterocycles. The van der Waals surface area contributed by atoms with Gasteiger partial charge >= 0.3 is 0 Å². The standard InChI is InChI=1S/C21H20F2N8/c1-2-21-4-3-6-31(21)18-16(30(12-24)19(21)25)11-27-20(28-18)29-7-5-26-17(29)13-8-14(22)10-15(23)9-13/h5,7-12,24-25H,2-4,6H2,1H3/t21-/m0/s1. The minimum absolute atomic E-state index is 0.274. The Kier molecular flexibility index (Phi) is 4.31. The Morgan fingerprint density at radius 1 is 1.19 bits per heavy atom. The van der Waals surface area contributed by atoms with E-state index >= 15 is 0 Å². The lowest BCUT2D eigenvalue weighted by atomic mass is 9.88. The normalized spacial score (nSPS) is 20.0. The van der Waals surface area contributed by atoms with Gasteiger partial charge in [-0.2, -0.15) is 4.98 Å². The predicted octanol–water partition coefficient (Wildman–Crippen LogP) is 3.76. The van der Waals surface area contributed by atoms with E-state index in [0.717, 1.165) is 31.8 Å². The summed E-state index contributed by atoms with van der Waals surface area (Å²) in [6.45, 7) is 2.78. The molecule has 0 aliphatic carbocycles. The zero-order chi connectivity index (χ0) is 21.8. The molecule has 0 bridgehead atoms. The van der Waals surface area contributed by atoms with Crippen LogP contribution in [-0.2, 0) is 0 Å². The fourth-order valence-electron chi connectivity index (χ4n) is 4.65. The van der Waals surface area contributed by atoms with Gasteiger partial charge in [-0.3, -0.25) is 20.3 Å². The monoisotopic (exact) mass is 422 g/mol. The van der Waals surface area contributed by atoms with Gasteiger partial charge in [-0.25, -0.2) is 18.7 Å². The summed E-state index contributed by atoms with van der Waals surface area (Å²) in [6.07, 6.45) is 8.29. The fraction of sp³-hybridized carbons (Fsp3) is 0.286. The van der Waals surface area contributed by atoms with Crippen molar-refractivity contribution in [2.75, 3.05) is 16.3 Å². The van der Waals surface area contributed by atoms with Gasteiger partial charge in [0.1, 0.15) is 29.0 Å². The highest BCUT2D eigenvalue weighted by atomic mass is 19.1. The van der Waals surface area contributed by atoms with E-state index in [1.807, 2.05) is 6.92 Å². The molecule has 1 aromatic carbocycles. The Bertz CT molecular complexity index is 1190. The second-order valence-electron chi connectivity index (χ2n) is 7.65. The molecule has 8 nitrogen and oxygen atoms in total. The third-order valence-electron chi connectivity index (χ3n) is 6.11. The van der Waals surface area contributed by atoms with Crippen LogP contribution in [0.1, 0.15) is 26.2 Å². The summed E-state index contributed by atoms with van der Waals surface area (Å²) in [5, 5.41) is 16.6. The van der Waals surface area contributed by atoms with E-state index in [1.54, 1.807) is 17.0 Å². The third kappa shape index (κ3) is 2.74. The Labute approximate surface area is 177 Å². The number of halogens is 2. The molecule has 0 radical (unpaired) electrons. The first-order chi connectivity index (χ1) is 15.0. The topological polar surface area (TPSA) is 97.8 Å². The van der Waals surface area contributed by atoms with Crippen LogP contribution < -0.4 is 9.80 Å². The quantitative estimate of drug-likeness (QED) is 0.493. The molecule has 5 rings (SSSR count). The third-order valence-corrected chi connectivity index (χ3v) is 6.11. The maximum atomic E-state index is 13.8. The Hall–Kier alpha value is -3.69. The SMILES string of the molecule is CC[C@@]12CCCN1c1nc(-n3ccnc3-c3cc(F)cc(F)c3)ncc1N(C=N)C2=N. The lowest BCUT2D eigenvalue weighted by molar-refractivity contribution is 0.525. The summed E-state index contributed by atoms with van der Waals surface area (Å²) in [5.41, 5.74) is 0.323. The molecule has 1 atom stereocenters. The summed E-state index contributed by atoms with van der Waals surface area (Å²) in [6, 6.07) is 3.23. The molecule has 0 amide bonds. The van der Waals surface area contributed by atoms with Crippen molar-refractivity contribution < 1.29 is 8.78 Å². The Morgan fingerprint density at radius 2 is 1.97 bits per heavy atom. The van der Waals surface area contributed by atoms with E-state index in [4.69, 9.17) is 15.8 Å². The average Bonchev–Trinajstić information content (AvgIpc) is 3.41. The van der Waals surface area contributed by atoms with Gasteiger partial charge in [0.05, 0.1) is 18.1 Å². The molecule has 2 aliphatic heterocycles. The van der Waals surface area contributed by atoms with Crippen LogP contribution in [0, 0.1) is 22.5 Å². The number of hydrogen-bond donors (Lipinski definition) is 2. The number of amidine groups is 1. The second-order valence-corrected chi connectivity index (χ2v) is 7.65. The highest BCUT2D eigenvalue weighted by molar-refractivity contribution is 6.18. The van der Waals surface area contributed by atoms with Crippen LogP contribution in [-0.4, -0.2) is 43.8 Å². The molecule has 1 fully saturated rings. The molecule has 3 aromatic rings. The number of fused-ring (bicyclic) bond motifs is 3. The van der Waals surface area contributed by atoms with Crippen LogP contribution in [0.15, 0.2) is 36.8 Å². The van der Waals surface area contributed by atoms with Crippen LogP contribution in [0.5, 0.6) is 0 Å². The first-order valence-electron chi connectivity index (χ1n) is 10.0. The molecule has 0 saturated carbocycles. The maximum absolute atomic E-state index is 13.8. The molecule has 2 aromatic heterocycles. The van der Waals surface area contributed by atoms with E-state index in [0.29, 0.717) is 35.5 Å². The molecule has 2 aliphatic rings. The van der Waals surface area contributed by atoms with Crippen LogP contribution in [0.3, 0.4) is 0 Å². The molecule has 1 saturated heterocycles. The van der Waals surface area contributed by atoms with Crippen molar-refractivity contribution in [1.29, 1.82) is 10.8 Å². The van der Waals surface area contributed by atoms with E-state index in [2.05, 4.69) is 14.9 Å². The lowest BCUT2D eigenvalue weighted by Crippen LogP contribution is -2.60. The second kappa shape index (κ2) is 6.93. The molecule has 10 heteroatoms. The van der Waals surface area contributed by atoms with Crippen LogP contribution in [0.4, 0.5) is 20.3 Å². The minimum Gasteiger partial charge on any atom is -0.342 e. The molecule has 31 heavy (non-hydrogen) atoms. The summed E-state index contributed by atoms with van der Waals surface area (Å²) in [5.74, 6) is 0.209. The van der Waals surface area contributed by atoms with Crippen molar-refractivity contribution in [1.82, 2.24) is 19.5 Å². The van der Waals surface area contributed by atoms with Crippen molar-refractivity contribution in [3.05, 3.63) is 48.4 Å². The largest absolute Gasteiger partial charge is 0.342 e. The molecule has 0 unspecified atom stereocenters. The first-order valence-corrected chi connectivity index (χ1v) is 10.0. The number of imidazole rings is 1. The van der Waals surface area contributed by atoms with Gasteiger partial charge < -0.3 is 4.90 Å². The minimum atomic E-state index is -0.694. The number of nitrogens with one attached hydrogen (secondary N) is 2. The molecule has 0 spiro atoms. The molecule has 2 N–H and O–H groups in total. The van der Waals surface area contributed by atoms with Crippen molar-refractivity contribution >= 4 is 23.7 Å². The van der Waals surface area contributed by atoms with E-state index < -0.39 is 17.2 Å². The van der Waals surface area contributed by atoms with Crippen molar-refractivity contribution in [2.24, 2.45) is 0 Å². The van der Waals surface area contributed by atoms with Crippen LogP contribution >= 0.6 is 0 Å². The predicted molar refractivity (Wildman–Crippen MR) is 113 cm³/mol. The molecular formula is C21H20F2N8. The smallest absolute Gasteiger partial charge is 0.237 e. The average molecular weight is 422 g/mol. The zero-order valence-corrected chi connectivity index (χ0v) is 16.8.